The van der Waals surface area contributed by atoms with E-state index < -0.39 is 16.6 Å². The lowest BCUT2D eigenvalue weighted by molar-refractivity contribution is -0.117. The predicted octanol–water partition coefficient (Wildman–Crippen LogP) is 3.01. The minimum Gasteiger partial charge on any atom is -0.305 e. The zero-order valence-corrected chi connectivity index (χ0v) is 16.4. The highest BCUT2D eigenvalue weighted by Crippen LogP contribution is 2.35. The zero-order chi connectivity index (χ0) is 17.0. The highest BCUT2D eigenvalue weighted by atomic mass is 127. The Labute approximate surface area is 153 Å². The quantitative estimate of drug-likeness (QED) is 0.484. The second-order valence-corrected chi connectivity index (χ2v) is 8.07. The van der Waals surface area contributed by atoms with Gasteiger partial charge in [0.15, 0.2) is 0 Å². The summed E-state index contributed by atoms with van der Waals surface area (Å²) in [5.74, 6) is -0.202. The number of carbonyl (C=O) groups is 1. The van der Waals surface area contributed by atoms with E-state index >= 15 is 0 Å². The molecule has 1 atom stereocenters. The molecule has 0 bridgehead atoms. The fourth-order valence-corrected chi connectivity index (χ4v) is 4.15. The number of halogens is 2. The number of amides is 1. The molecule has 5 nitrogen and oxygen atoms in total. The van der Waals surface area contributed by atoms with Gasteiger partial charge in [0.2, 0.25) is 5.91 Å². The lowest BCUT2D eigenvalue weighted by Crippen LogP contribution is -2.27. The minimum absolute atomic E-state index is 0.112. The molecule has 0 aliphatic carbocycles. The summed E-state index contributed by atoms with van der Waals surface area (Å²) < 4.78 is 25.1. The van der Waals surface area contributed by atoms with Gasteiger partial charge >= 0.3 is 0 Å². The maximum atomic E-state index is 13.3. The number of alkyl halides is 1. The van der Waals surface area contributed by atoms with E-state index in [2.05, 4.69) is 32.6 Å². The second kappa shape index (κ2) is 8.25. The molecule has 0 radical (unpaired) electrons. The molecule has 2 aromatic rings. The summed E-state index contributed by atoms with van der Waals surface area (Å²) in [5, 5.41) is 1.35. The van der Waals surface area contributed by atoms with Crippen molar-refractivity contribution in [2.75, 3.05) is 24.0 Å². The van der Waals surface area contributed by atoms with Crippen LogP contribution in [0.15, 0.2) is 18.5 Å². The van der Waals surface area contributed by atoms with Gasteiger partial charge in [-0.2, -0.15) is 0 Å². The van der Waals surface area contributed by atoms with Crippen LogP contribution >= 0.6 is 33.9 Å². The third-order valence-electron chi connectivity index (χ3n) is 3.04. The Morgan fingerprint density at radius 3 is 2.83 bits per heavy atom. The molecule has 2 rings (SSSR count). The summed E-state index contributed by atoms with van der Waals surface area (Å²) in [6, 6.07) is 1.37. The molecule has 0 aliphatic heterocycles. The van der Waals surface area contributed by atoms with Gasteiger partial charge in [0.05, 0.1) is 11.9 Å². The Hall–Kier alpha value is -0.940. The van der Waals surface area contributed by atoms with E-state index in [1.165, 1.54) is 22.3 Å². The smallest absolute Gasteiger partial charge is 0.228 e. The van der Waals surface area contributed by atoms with Crippen LogP contribution in [0.1, 0.15) is 12.1 Å². The van der Waals surface area contributed by atoms with Crippen molar-refractivity contribution in [3.05, 3.63) is 30.0 Å². The number of anilines is 1. The molecule has 0 spiro atoms. The first-order valence-electron chi connectivity index (χ1n) is 6.65. The zero-order valence-electron chi connectivity index (χ0n) is 12.6. The molecule has 0 saturated heterocycles. The third kappa shape index (κ3) is 4.77. The van der Waals surface area contributed by atoms with Gasteiger partial charge < -0.3 is 4.90 Å². The number of hydrogen-bond donors (Lipinski definition) is 0. The molecule has 2 heterocycles. The molecule has 2 aromatic heterocycles. The van der Waals surface area contributed by atoms with Gasteiger partial charge in [-0.1, -0.05) is 33.9 Å². The lowest BCUT2D eigenvalue weighted by atomic mass is 10.3. The number of nitrogens with zero attached hydrogens (tertiary/aromatic N) is 3. The van der Waals surface area contributed by atoms with Crippen molar-refractivity contribution >= 4 is 55.6 Å². The monoisotopic (exact) mass is 467 g/mol. The first kappa shape index (κ1) is 18.4. The van der Waals surface area contributed by atoms with Gasteiger partial charge in [0.25, 0.3) is 0 Å². The highest BCUT2D eigenvalue weighted by Gasteiger charge is 2.20. The largest absolute Gasteiger partial charge is 0.305 e. The van der Waals surface area contributed by atoms with E-state index in [4.69, 9.17) is 0 Å². The molecule has 23 heavy (non-hydrogen) atoms. The van der Waals surface area contributed by atoms with Crippen LogP contribution in [-0.2, 0) is 20.0 Å². The standard InChI is InChI=1S/C14H15FIN3O2S2/c1-19(12(20)3-4-23(2)21)14-11(6-16)18-13(22-14)9-5-10(15)8-17-7-9/h5,7-8H,3-4,6H2,1-2H3. The van der Waals surface area contributed by atoms with Crippen LogP contribution in [0.2, 0.25) is 0 Å². The summed E-state index contributed by atoms with van der Waals surface area (Å²) in [6.07, 6.45) is 4.48. The van der Waals surface area contributed by atoms with Crippen molar-refractivity contribution in [3.8, 4) is 10.6 Å². The van der Waals surface area contributed by atoms with Crippen LogP contribution in [-0.4, -0.2) is 39.1 Å². The Bertz CT molecular complexity index is 739. The first-order chi connectivity index (χ1) is 10.9. The van der Waals surface area contributed by atoms with Crippen LogP contribution in [0.25, 0.3) is 10.6 Å². The van der Waals surface area contributed by atoms with Gasteiger partial charge in [-0.05, 0) is 6.07 Å². The first-order valence-corrected chi connectivity index (χ1v) is 10.7. The molecule has 124 valence electrons. The normalized spacial score (nSPS) is 12.2. The summed E-state index contributed by atoms with van der Waals surface area (Å²) in [6.45, 7) is 0. The van der Waals surface area contributed by atoms with Crippen molar-refractivity contribution in [2.45, 2.75) is 10.8 Å². The third-order valence-corrected chi connectivity index (χ3v) is 5.76. The van der Waals surface area contributed by atoms with Gasteiger partial charge in [-0.15, -0.1) is 0 Å². The predicted molar refractivity (Wildman–Crippen MR) is 100.0 cm³/mol. The highest BCUT2D eigenvalue weighted by molar-refractivity contribution is 14.1. The SMILES string of the molecule is CN(C(=O)CCS(C)=O)c1sc(-c2cncc(F)c2)nc1CI. The van der Waals surface area contributed by atoms with E-state index in [0.717, 1.165) is 16.9 Å². The topological polar surface area (TPSA) is 63.2 Å². The number of hydrogen-bond acceptors (Lipinski definition) is 5. The van der Waals surface area contributed by atoms with Crippen LogP contribution in [0.3, 0.4) is 0 Å². The minimum atomic E-state index is -1.00. The van der Waals surface area contributed by atoms with E-state index in [1.54, 1.807) is 19.5 Å². The van der Waals surface area contributed by atoms with Crippen molar-refractivity contribution in [1.29, 1.82) is 0 Å². The van der Waals surface area contributed by atoms with Crippen molar-refractivity contribution in [3.63, 3.8) is 0 Å². The Morgan fingerprint density at radius 1 is 1.48 bits per heavy atom. The summed E-state index contributed by atoms with van der Waals surface area (Å²) in [4.78, 5) is 22.1. The molecule has 0 N–H and O–H groups in total. The average Bonchev–Trinajstić information content (AvgIpc) is 2.96. The number of rotatable bonds is 6. The van der Waals surface area contributed by atoms with Crippen LogP contribution in [0, 0.1) is 5.82 Å². The van der Waals surface area contributed by atoms with E-state index in [0.29, 0.717) is 20.8 Å². The van der Waals surface area contributed by atoms with Crippen LogP contribution in [0.4, 0.5) is 9.39 Å². The molecule has 1 unspecified atom stereocenters. The van der Waals surface area contributed by atoms with Gasteiger partial charge in [-0.3, -0.25) is 14.0 Å². The number of thiazole rings is 1. The Balaban J connectivity index is 2.28. The van der Waals surface area contributed by atoms with E-state index in [9.17, 15) is 13.4 Å². The van der Waals surface area contributed by atoms with Crippen LogP contribution < -0.4 is 4.90 Å². The van der Waals surface area contributed by atoms with E-state index in [1.807, 2.05) is 0 Å². The maximum absolute atomic E-state index is 13.3. The number of carbonyl (C=O) groups excluding carboxylic acids is 1. The molecule has 0 aromatic carbocycles. The number of pyridine rings is 1. The van der Waals surface area contributed by atoms with E-state index in [-0.39, 0.29) is 12.3 Å². The Morgan fingerprint density at radius 2 is 2.22 bits per heavy atom. The Kier molecular flexibility index (Phi) is 6.60. The number of aromatic nitrogens is 2. The summed E-state index contributed by atoms with van der Waals surface area (Å²) >= 11 is 3.50. The molecule has 0 aliphatic rings. The fourth-order valence-electron chi connectivity index (χ4n) is 1.86. The maximum Gasteiger partial charge on any atom is 0.228 e. The van der Waals surface area contributed by atoms with Gasteiger partial charge in [-0.25, -0.2) is 9.37 Å². The van der Waals surface area contributed by atoms with Crippen LogP contribution in [0.5, 0.6) is 0 Å². The molecule has 9 heteroatoms. The average molecular weight is 467 g/mol. The van der Waals surface area contributed by atoms with Gasteiger partial charge in [0.1, 0.15) is 15.8 Å². The molecular formula is C14H15FIN3O2S2. The molecular weight excluding hydrogens is 452 g/mol. The molecule has 0 fully saturated rings. The van der Waals surface area contributed by atoms with Crippen molar-refractivity contribution < 1.29 is 13.4 Å². The summed E-state index contributed by atoms with van der Waals surface area (Å²) in [7, 11) is 0.674. The molecule has 0 saturated carbocycles. The van der Waals surface area contributed by atoms with Crippen molar-refractivity contribution in [1.82, 2.24) is 9.97 Å². The second-order valence-electron chi connectivity index (χ2n) is 4.78. The molecule has 1 amide bonds. The van der Waals surface area contributed by atoms with Crippen molar-refractivity contribution in [2.24, 2.45) is 0 Å². The summed E-state index contributed by atoms with van der Waals surface area (Å²) in [5.41, 5.74) is 1.35. The lowest BCUT2D eigenvalue weighted by Gasteiger charge is -2.15. The fraction of sp³-hybridized carbons (Fsp3) is 0.357. The van der Waals surface area contributed by atoms with Gasteiger partial charge in [0, 0.05) is 52.5 Å².